The molecule has 0 aromatic heterocycles. The van der Waals surface area contributed by atoms with Crippen LogP contribution in [-0.2, 0) is 31.9 Å². The summed E-state index contributed by atoms with van der Waals surface area (Å²) in [7, 11) is 0. The lowest BCUT2D eigenvalue weighted by Gasteiger charge is -2.26. The summed E-state index contributed by atoms with van der Waals surface area (Å²) in [6.45, 7) is 5.09. The SMILES string of the molecule is CCOC(=O)C1Cc2c(CC(C)(C)OC(=O)NCC(=O)O)cccc2N1. The van der Waals surface area contributed by atoms with Crippen LogP contribution < -0.4 is 10.6 Å². The molecule has 1 aliphatic heterocycles. The van der Waals surface area contributed by atoms with E-state index in [2.05, 4.69) is 10.6 Å². The van der Waals surface area contributed by atoms with Gasteiger partial charge in [0.1, 0.15) is 18.2 Å². The molecule has 1 aliphatic rings. The van der Waals surface area contributed by atoms with Gasteiger partial charge in [0, 0.05) is 18.5 Å². The van der Waals surface area contributed by atoms with E-state index >= 15 is 0 Å². The third kappa shape index (κ3) is 5.11. The first-order valence-electron chi connectivity index (χ1n) is 8.44. The van der Waals surface area contributed by atoms with Gasteiger partial charge in [-0.15, -0.1) is 0 Å². The Morgan fingerprint density at radius 3 is 2.73 bits per heavy atom. The van der Waals surface area contributed by atoms with Gasteiger partial charge in [0.05, 0.1) is 6.61 Å². The zero-order valence-electron chi connectivity index (χ0n) is 15.1. The van der Waals surface area contributed by atoms with Crippen molar-refractivity contribution in [1.29, 1.82) is 0 Å². The van der Waals surface area contributed by atoms with E-state index in [1.54, 1.807) is 20.8 Å². The first kappa shape index (κ1) is 19.6. The number of hydrogen-bond donors (Lipinski definition) is 3. The van der Waals surface area contributed by atoms with Crippen LogP contribution in [0.4, 0.5) is 10.5 Å². The molecule has 0 spiro atoms. The maximum absolute atomic E-state index is 12.0. The lowest BCUT2D eigenvalue weighted by Crippen LogP contribution is -2.38. The molecule has 0 aliphatic carbocycles. The Kier molecular flexibility index (Phi) is 6.07. The Bertz CT molecular complexity index is 701. The van der Waals surface area contributed by atoms with Crippen LogP contribution in [0.2, 0.25) is 0 Å². The summed E-state index contributed by atoms with van der Waals surface area (Å²) in [6, 6.07) is 5.27. The summed E-state index contributed by atoms with van der Waals surface area (Å²) in [5.74, 6) is -1.44. The Balaban J connectivity index is 2.05. The standard InChI is InChI=1S/C18H24N2O6/c1-4-25-16(23)14-8-12-11(6-5-7-13(12)20-14)9-18(2,3)26-17(24)19-10-15(21)22/h5-7,14,20H,4,8-10H2,1-3H3,(H,19,24)(H,21,22). The minimum absolute atomic E-state index is 0.293. The third-order valence-electron chi connectivity index (χ3n) is 3.95. The van der Waals surface area contributed by atoms with Crippen molar-refractivity contribution in [3.8, 4) is 0 Å². The molecule has 1 atom stereocenters. The van der Waals surface area contributed by atoms with E-state index in [0.717, 1.165) is 16.8 Å². The molecule has 8 nitrogen and oxygen atoms in total. The number of hydrogen-bond acceptors (Lipinski definition) is 6. The number of amides is 1. The predicted octanol–water partition coefficient (Wildman–Crippen LogP) is 1.72. The van der Waals surface area contributed by atoms with Gasteiger partial charge in [0.2, 0.25) is 0 Å². The van der Waals surface area contributed by atoms with Crippen LogP contribution >= 0.6 is 0 Å². The van der Waals surface area contributed by atoms with Gasteiger partial charge in [-0.3, -0.25) is 4.79 Å². The van der Waals surface area contributed by atoms with E-state index in [4.69, 9.17) is 14.6 Å². The van der Waals surface area contributed by atoms with Gasteiger partial charge in [0.25, 0.3) is 0 Å². The van der Waals surface area contributed by atoms with Crippen molar-refractivity contribution in [3.05, 3.63) is 29.3 Å². The monoisotopic (exact) mass is 364 g/mol. The average molecular weight is 364 g/mol. The summed E-state index contributed by atoms with van der Waals surface area (Å²) in [4.78, 5) is 34.2. The lowest BCUT2D eigenvalue weighted by molar-refractivity contribution is -0.143. The number of nitrogens with one attached hydrogen (secondary N) is 2. The first-order valence-corrected chi connectivity index (χ1v) is 8.44. The number of esters is 1. The summed E-state index contributed by atoms with van der Waals surface area (Å²) < 4.78 is 10.4. The number of benzene rings is 1. The predicted molar refractivity (Wildman–Crippen MR) is 94.1 cm³/mol. The van der Waals surface area contributed by atoms with E-state index in [1.807, 2.05) is 18.2 Å². The molecule has 1 aromatic rings. The van der Waals surface area contributed by atoms with Gasteiger partial charge in [-0.2, -0.15) is 0 Å². The van der Waals surface area contributed by atoms with Gasteiger partial charge in [-0.25, -0.2) is 9.59 Å². The van der Waals surface area contributed by atoms with Crippen molar-refractivity contribution >= 4 is 23.7 Å². The van der Waals surface area contributed by atoms with E-state index < -0.39 is 30.3 Å². The number of rotatable bonds is 7. The van der Waals surface area contributed by atoms with Gasteiger partial charge < -0.3 is 25.2 Å². The normalized spacial score (nSPS) is 15.6. The molecule has 0 saturated carbocycles. The van der Waals surface area contributed by atoms with Crippen LogP contribution in [0.3, 0.4) is 0 Å². The highest BCUT2D eigenvalue weighted by atomic mass is 16.6. The highest BCUT2D eigenvalue weighted by Gasteiger charge is 2.32. The molecule has 8 heteroatoms. The second-order valence-corrected chi connectivity index (χ2v) is 6.67. The molecular formula is C18H24N2O6. The van der Waals surface area contributed by atoms with Crippen molar-refractivity contribution in [2.24, 2.45) is 0 Å². The number of fused-ring (bicyclic) bond motifs is 1. The molecule has 0 saturated heterocycles. The molecule has 1 aromatic carbocycles. The molecule has 0 bridgehead atoms. The molecule has 0 fully saturated rings. The maximum Gasteiger partial charge on any atom is 0.408 e. The number of carboxylic acids is 1. The molecule has 0 radical (unpaired) electrons. The molecule has 142 valence electrons. The molecule has 26 heavy (non-hydrogen) atoms. The van der Waals surface area contributed by atoms with Gasteiger partial charge in [-0.05, 0) is 38.0 Å². The summed E-state index contributed by atoms with van der Waals surface area (Å²) >= 11 is 0. The largest absolute Gasteiger partial charge is 0.480 e. The highest BCUT2D eigenvalue weighted by molar-refractivity contribution is 5.83. The van der Waals surface area contributed by atoms with Crippen LogP contribution in [0.15, 0.2) is 18.2 Å². The smallest absolute Gasteiger partial charge is 0.408 e. The second kappa shape index (κ2) is 8.07. The quantitative estimate of drug-likeness (QED) is 0.631. The molecule has 1 unspecified atom stereocenters. The summed E-state index contributed by atoms with van der Waals surface area (Å²) in [5.41, 5.74) is 1.97. The van der Waals surface area contributed by atoms with Crippen molar-refractivity contribution < 1.29 is 29.0 Å². The van der Waals surface area contributed by atoms with Crippen molar-refractivity contribution in [3.63, 3.8) is 0 Å². The Labute approximate surface area is 151 Å². The van der Waals surface area contributed by atoms with Crippen molar-refractivity contribution in [2.75, 3.05) is 18.5 Å². The number of carbonyl (C=O) groups is 3. The fraction of sp³-hybridized carbons (Fsp3) is 0.500. The molecule has 2 rings (SSSR count). The van der Waals surface area contributed by atoms with Crippen LogP contribution in [0.25, 0.3) is 0 Å². The second-order valence-electron chi connectivity index (χ2n) is 6.67. The van der Waals surface area contributed by atoms with Gasteiger partial charge in [-0.1, -0.05) is 12.1 Å². The molecule has 3 N–H and O–H groups in total. The first-order chi connectivity index (χ1) is 12.2. The topological polar surface area (TPSA) is 114 Å². The zero-order chi connectivity index (χ0) is 19.3. The Hall–Kier alpha value is -2.77. The van der Waals surface area contributed by atoms with E-state index in [-0.39, 0.29) is 5.97 Å². The highest BCUT2D eigenvalue weighted by Crippen LogP contribution is 2.32. The van der Waals surface area contributed by atoms with Crippen LogP contribution in [0, 0.1) is 0 Å². The fourth-order valence-corrected chi connectivity index (χ4v) is 2.93. The minimum atomic E-state index is -1.14. The number of ether oxygens (including phenoxy) is 2. The third-order valence-corrected chi connectivity index (χ3v) is 3.95. The van der Waals surface area contributed by atoms with E-state index in [1.165, 1.54) is 0 Å². The van der Waals surface area contributed by atoms with Crippen molar-refractivity contribution in [1.82, 2.24) is 5.32 Å². The van der Waals surface area contributed by atoms with E-state index in [0.29, 0.717) is 19.4 Å². The minimum Gasteiger partial charge on any atom is -0.480 e. The molecular weight excluding hydrogens is 340 g/mol. The number of carbonyl (C=O) groups excluding carboxylic acids is 2. The van der Waals surface area contributed by atoms with Gasteiger partial charge >= 0.3 is 18.0 Å². The molecule has 1 heterocycles. The fourth-order valence-electron chi connectivity index (χ4n) is 2.93. The number of anilines is 1. The van der Waals surface area contributed by atoms with Crippen LogP contribution in [0.1, 0.15) is 31.9 Å². The maximum atomic E-state index is 12.0. The van der Waals surface area contributed by atoms with Crippen LogP contribution in [0.5, 0.6) is 0 Å². The van der Waals surface area contributed by atoms with Gasteiger partial charge in [0.15, 0.2) is 0 Å². The Morgan fingerprint density at radius 2 is 2.08 bits per heavy atom. The van der Waals surface area contributed by atoms with Crippen molar-refractivity contribution in [2.45, 2.75) is 45.3 Å². The zero-order valence-corrected chi connectivity index (χ0v) is 15.1. The average Bonchev–Trinajstić information content (AvgIpc) is 2.98. The lowest BCUT2D eigenvalue weighted by atomic mass is 9.92. The van der Waals surface area contributed by atoms with Crippen LogP contribution in [-0.4, -0.2) is 47.9 Å². The van der Waals surface area contributed by atoms with E-state index in [9.17, 15) is 14.4 Å². The molecule has 1 amide bonds. The summed E-state index contributed by atoms with van der Waals surface area (Å²) in [6.07, 6.45) is 0.145. The number of alkyl carbamates (subject to hydrolysis) is 1. The number of carboxylic acid groups (broad SMARTS) is 1. The number of aliphatic carboxylic acids is 1. The summed E-state index contributed by atoms with van der Waals surface area (Å²) in [5, 5.41) is 13.9. The Morgan fingerprint density at radius 1 is 1.35 bits per heavy atom.